The van der Waals surface area contributed by atoms with Gasteiger partial charge in [-0.05, 0) is 47.5 Å². The van der Waals surface area contributed by atoms with Gasteiger partial charge in [-0.25, -0.2) is 4.79 Å². The molecule has 2 aromatic carbocycles. The molecule has 6 nitrogen and oxygen atoms in total. The number of nitrogen functional groups attached to an aromatic ring is 1. The lowest BCUT2D eigenvalue weighted by Gasteiger charge is -2.18. The Morgan fingerprint density at radius 3 is 2.56 bits per heavy atom. The molecule has 134 valence electrons. The molecule has 2 aromatic rings. The van der Waals surface area contributed by atoms with Gasteiger partial charge >= 0.3 is 5.97 Å². The van der Waals surface area contributed by atoms with Gasteiger partial charge in [0.15, 0.2) is 0 Å². The first-order chi connectivity index (χ1) is 13.0. The Morgan fingerprint density at radius 1 is 1.04 bits per heavy atom. The van der Waals surface area contributed by atoms with Crippen LogP contribution in [0.1, 0.15) is 15.9 Å². The second kappa shape index (κ2) is 6.26. The lowest BCUT2D eigenvalue weighted by Crippen LogP contribution is -2.05. The Balaban J connectivity index is 2.14. The molecule has 1 heterocycles. The van der Waals surface area contributed by atoms with Crippen LogP contribution in [0, 0.1) is 5.41 Å². The first-order valence-corrected chi connectivity index (χ1v) is 8.35. The molecule has 0 bridgehead atoms. The van der Waals surface area contributed by atoms with E-state index < -0.39 is 5.97 Å². The predicted molar refractivity (Wildman–Crippen MR) is 103 cm³/mol. The number of nitrogens with one attached hydrogen (secondary N) is 1. The predicted octanol–water partition coefficient (Wildman–Crippen LogP) is 3.42. The van der Waals surface area contributed by atoms with E-state index in [4.69, 9.17) is 21.3 Å². The molecule has 1 aliphatic carbocycles. The van der Waals surface area contributed by atoms with Crippen molar-refractivity contribution in [1.29, 1.82) is 5.41 Å². The summed E-state index contributed by atoms with van der Waals surface area (Å²) in [6.45, 7) is 0.191. The van der Waals surface area contributed by atoms with E-state index in [9.17, 15) is 9.90 Å². The average molecular weight is 359 g/mol. The molecule has 0 fully saturated rings. The molecule has 0 saturated carbocycles. The zero-order valence-corrected chi connectivity index (χ0v) is 14.3. The summed E-state index contributed by atoms with van der Waals surface area (Å²) < 4.78 is 5.98. The van der Waals surface area contributed by atoms with Crippen molar-refractivity contribution in [3.63, 3.8) is 0 Å². The largest absolute Gasteiger partial charge is 0.478 e. The highest BCUT2D eigenvalue weighted by molar-refractivity contribution is 6.03. The number of nitrogens with two attached hydrogens (primary N) is 2. The third-order valence-corrected chi connectivity index (χ3v) is 4.59. The van der Waals surface area contributed by atoms with E-state index in [0.717, 1.165) is 27.6 Å². The fourth-order valence-electron chi connectivity index (χ4n) is 3.34. The van der Waals surface area contributed by atoms with Gasteiger partial charge in [0.05, 0.1) is 10.9 Å². The molecule has 0 radical (unpaired) electrons. The van der Waals surface area contributed by atoms with Crippen molar-refractivity contribution in [3.8, 4) is 22.5 Å². The monoisotopic (exact) mass is 359 g/mol. The summed E-state index contributed by atoms with van der Waals surface area (Å²) in [6, 6.07) is 15.5. The molecule has 0 aromatic heterocycles. The summed E-state index contributed by atoms with van der Waals surface area (Å²) in [5.74, 6) is -0.443. The minimum atomic E-state index is -0.999. The Kier molecular flexibility index (Phi) is 3.90. The van der Waals surface area contributed by atoms with Crippen LogP contribution in [0.3, 0.4) is 0 Å². The van der Waals surface area contributed by atoms with E-state index >= 15 is 0 Å². The van der Waals surface area contributed by atoms with Gasteiger partial charge in [0.1, 0.15) is 11.3 Å². The van der Waals surface area contributed by atoms with E-state index in [2.05, 4.69) is 0 Å². The highest BCUT2D eigenvalue weighted by Crippen LogP contribution is 2.41. The number of carboxylic acid groups (broad SMARTS) is 1. The van der Waals surface area contributed by atoms with Crippen LogP contribution in [0.25, 0.3) is 33.4 Å². The maximum atomic E-state index is 11.3. The minimum absolute atomic E-state index is 0.186. The molecule has 0 unspecified atom stereocenters. The maximum absolute atomic E-state index is 11.3. The van der Waals surface area contributed by atoms with Crippen LogP contribution in [0.5, 0.6) is 0 Å². The number of carboxylic acids is 1. The van der Waals surface area contributed by atoms with Crippen molar-refractivity contribution in [2.45, 2.75) is 6.54 Å². The van der Waals surface area contributed by atoms with E-state index in [1.165, 1.54) is 0 Å². The van der Waals surface area contributed by atoms with Crippen LogP contribution in [0.15, 0.2) is 59.0 Å². The minimum Gasteiger partial charge on any atom is -0.478 e. The smallest absolute Gasteiger partial charge is 0.335 e. The highest BCUT2D eigenvalue weighted by Gasteiger charge is 2.19. The summed E-state index contributed by atoms with van der Waals surface area (Å²) in [5.41, 5.74) is 16.4. The van der Waals surface area contributed by atoms with Gasteiger partial charge in [-0.1, -0.05) is 6.07 Å². The molecule has 1 aliphatic heterocycles. The van der Waals surface area contributed by atoms with Crippen molar-refractivity contribution in [2.75, 3.05) is 5.73 Å². The molecule has 0 atom stereocenters. The standard InChI is InChI=1S/C21H17N3O3/c22-10-12-7-11(21(25)26)1-4-15(12)20-16-5-2-13(23)8-18(16)27-19-9-14(24)3-6-17(19)20/h1-9,23H,10,22,24H2,(H,25,26). The first kappa shape index (κ1) is 16.8. The number of aromatic carboxylic acids is 1. The van der Waals surface area contributed by atoms with Crippen LogP contribution in [-0.2, 0) is 6.54 Å². The average Bonchev–Trinajstić information content (AvgIpc) is 2.65. The molecule has 0 saturated heterocycles. The second-order valence-corrected chi connectivity index (χ2v) is 6.32. The van der Waals surface area contributed by atoms with Crippen molar-refractivity contribution in [2.24, 2.45) is 5.73 Å². The Hall–Kier alpha value is -3.64. The van der Waals surface area contributed by atoms with Crippen molar-refractivity contribution >= 4 is 22.6 Å². The van der Waals surface area contributed by atoms with E-state index in [-0.39, 0.29) is 12.1 Å². The lowest BCUT2D eigenvalue weighted by molar-refractivity contribution is 0.0697. The normalized spacial score (nSPS) is 11.1. The van der Waals surface area contributed by atoms with E-state index in [0.29, 0.717) is 22.4 Å². The van der Waals surface area contributed by atoms with Crippen LogP contribution < -0.4 is 16.8 Å². The molecule has 2 aliphatic rings. The second-order valence-electron chi connectivity index (χ2n) is 6.32. The van der Waals surface area contributed by atoms with Gasteiger partial charge in [-0.15, -0.1) is 0 Å². The first-order valence-electron chi connectivity index (χ1n) is 8.35. The summed E-state index contributed by atoms with van der Waals surface area (Å²) in [5, 5.41) is 18.3. The summed E-state index contributed by atoms with van der Waals surface area (Å²) in [6.07, 6.45) is 0. The SMILES string of the molecule is N=c1ccc2c(-c3ccc(C(=O)O)cc3CN)c3ccc(N)cc3oc-2c1. The van der Waals surface area contributed by atoms with Crippen LogP contribution in [0.2, 0.25) is 0 Å². The van der Waals surface area contributed by atoms with Gasteiger partial charge in [-0.2, -0.15) is 0 Å². The Bertz CT molecular complexity index is 1230. The third-order valence-electron chi connectivity index (χ3n) is 4.59. The van der Waals surface area contributed by atoms with Gasteiger partial charge in [0, 0.05) is 40.9 Å². The fraction of sp³-hybridized carbons (Fsp3) is 0.0476. The zero-order valence-electron chi connectivity index (χ0n) is 14.3. The van der Waals surface area contributed by atoms with Crippen molar-refractivity contribution in [3.05, 3.63) is 71.1 Å². The number of carbonyl (C=O) groups is 1. The van der Waals surface area contributed by atoms with Crippen LogP contribution in [0.4, 0.5) is 5.69 Å². The molecule has 27 heavy (non-hydrogen) atoms. The number of hydrogen-bond donors (Lipinski definition) is 4. The number of hydrogen-bond acceptors (Lipinski definition) is 5. The third kappa shape index (κ3) is 2.82. The molecule has 0 spiro atoms. The Morgan fingerprint density at radius 2 is 1.81 bits per heavy atom. The van der Waals surface area contributed by atoms with Gasteiger partial charge in [-0.3, -0.25) is 0 Å². The number of benzene rings is 3. The molecular weight excluding hydrogens is 342 g/mol. The van der Waals surface area contributed by atoms with Crippen molar-refractivity contribution < 1.29 is 14.3 Å². The van der Waals surface area contributed by atoms with E-state index in [1.807, 2.05) is 12.1 Å². The lowest BCUT2D eigenvalue weighted by atomic mass is 9.90. The van der Waals surface area contributed by atoms with Gasteiger partial charge in [0.25, 0.3) is 0 Å². The topological polar surface area (TPSA) is 126 Å². The summed E-state index contributed by atoms with van der Waals surface area (Å²) in [7, 11) is 0. The van der Waals surface area contributed by atoms with Crippen LogP contribution in [-0.4, -0.2) is 11.1 Å². The summed E-state index contributed by atoms with van der Waals surface area (Å²) >= 11 is 0. The molecule has 0 amide bonds. The molecular formula is C21H17N3O3. The zero-order chi connectivity index (χ0) is 19.1. The highest BCUT2D eigenvalue weighted by atomic mass is 16.4. The van der Waals surface area contributed by atoms with Crippen LogP contribution >= 0.6 is 0 Å². The maximum Gasteiger partial charge on any atom is 0.335 e. The molecule has 6 N–H and O–H groups in total. The quantitative estimate of drug-likeness (QED) is 0.329. The molecule has 6 heteroatoms. The van der Waals surface area contributed by atoms with E-state index in [1.54, 1.807) is 42.5 Å². The van der Waals surface area contributed by atoms with Gasteiger partial charge < -0.3 is 26.4 Å². The fourth-order valence-corrected chi connectivity index (χ4v) is 3.34. The summed E-state index contributed by atoms with van der Waals surface area (Å²) in [4.78, 5) is 11.3. The number of fused-ring (bicyclic) bond motifs is 2. The van der Waals surface area contributed by atoms with Crippen molar-refractivity contribution in [1.82, 2.24) is 0 Å². The number of rotatable bonds is 3. The van der Waals surface area contributed by atoms with Gasteiger partial charge in [0.2, 0.25) is 0 Å². The Labute approximate surface area is 154 Å². The number of anilines is 1. The molecule has 4 rings (SSSR count).